The molecule has 0 saturated heterocycles. The van der Waals surface area contributed by atoms with Crippen LogP contribution in [-0.4, -0.2) is 22.9 Å². The summed E-state index contributed by atoms with van der Waals surface area (Å²) in [5.41, 5.74) is 8.09. The second kappa shape index (κ2) is 5.94. The van der Waals surface area contributed by atoms with Crippen molar-refractivity contribution in [1.29, 1.82) is 0 Å². The van der Waals surface area contributed by atoms with Crippen LogP contribution in [0.5, 0.6) is 0 Å². The van der Waals surface area contributed by atoms with Crippen LogP contribution in [0.2, 0.25) is 0 Å². The summed E-state index contributed by atoms with van der Waals surface area (Å²) >= 11 is 0. The van der Waals surface area contributed by atoms with Gasteiger partial charge in [0.15, 0.2) is 0 Å². The van der Waals surface area contributed by atoms with E-state index in [-0.39, 0.29) is 0 Å². The molecule has 0 aromatic carbocycles. The number of hydrogen-bond donors (Lipinski definition) is 1. The number of aryl methyl sites for hydroxylation is 2. The number of anilines is 2. The molecule has 17 heavy (non-hydrogen) atoms. The Morgan fingerprint density at radius 1 is 1.29 bits per heavy atom. The van der Waals surface area contributed by atoms with Crippen molar-refractivity contribution >= 4 is 11.5 Å². The minimum atomic E-state index is 0.530. The predicted octanol–water partition coefficient (Wildman–Crippen LogP) is 2.58. The number of hydrogen-bond acceptors (Lipinski definition) is 3. The fourth-order valence-corrected chi connectivity index (χ4v) is 2.43. The molecule has 4 nitrogen and oxygen atoms in total. The molecule has 1 rings (SSSR count). The molecule has 1 aromatic heterocycles. The van der Waals surface area contributed by atoms with Crippen molar-refractivity contribution in [2.45, 2.75) is 52.5 Å². The molecule has 0 bridgehead atoms. The molecule has 0 spiro atoms. The summed E-state index contributed by atoms with van der Waals surface area (Å²) in [6.45, 7) is 6.58. The van der Waals surface area contributed by atoms with Gasteiger partial charge in [-0.3, -0.25) is 4.68 Å². The van der Waals surface area contributed by atoms with Gasteiger partial charge in [-0.1, -0.05) is 27.2 Å². The fraction of sp³-hybridized carbons (Fsp3) is 0.769. The van der Waals surface area contributed by atoms with Crippen LogP contribution < -0.4 is 10.6 Å². The number of nitrogens with two attached hydrogens (primary N) is 1. The minimum absolute atomic E-state index is 0.530. The Labute approximate surface area is 105 Å². The third-order valence-corrected chi connectivity index (χ3v) is 3.44. The predicted molar refractivity (Wildman–Crippen MR) is 74.4 cm³/mol. The van der Waals surface area contributed by atoms with Crippen LogP contribution in [0, 0.1) is 0 Å². The zero-order chi connectivity index (χ0) is 13.0. The van der Waals surface area contributed by atoms with E-state index in [0.717, 1.165) is 42.9 Å². The van der Waals surface area contributed by atoms with Gasteiger partial charge >= 0.3 is 0 Å². The maximum absolute atomic E-state index is 6.21. The molecule has 0 unspecified atom stereocenters. The molecule has 0 aliphatic heterocycles. The molecule has 1 aromatic rings. The van der Waals surface area contributed by atoms with Crippen LogP contribution in [-0.2, 0) is 13.5 Å². The van der Waals surface area contributed by atoms with E-state index in [9.17, 15) is 0 Å². The zero-order valence-corrected chi connectivity index (χ0v) is 11.8. The number of rotatable bonds is 6. The van der Waals surface area contributed by atoms with E-state index in [0.29, 0.717) is 6.04 Å². The lowest BCUT2D eigenvalue weighted by atomic mass is 10.1. The Bertz CT molecular complexity index is 353. The highest BCUT2D eigenvalue weighted by atomic mass is 15.4. The Morgan fingerprint density at radius 3 is 2.35 bits per heavy atom. The van der Waals surface area contributed by atoms with Gasteiger partial charge in [0.2, 0.25) is 0 Å². The number of nitrogens with zero attached hydrogens (tertiary/aromatic N) is 3. The van der Waals surface area contributed by atoms with Crippen LogP contribution >= 0.6 is 0 Å². The molecule has 0 aliphatic carbocycles. The zero-order valence-electron chi connectivity index (χ0n) is 11.8. The first kappa shape index (κ1) is 13.9. The molecule has 0 atom stereocenters. The first-order chi connectivity index (χ1) is 8.06. The first-order valence-corrected chi connectivity index (χ1v) is 6.60. The summed E-state index contributed by atoms with van der Waals surface area (Å²) in [5.74, 6) is 1.06. The summed E-state index contributed by atoms with van der Waals surface area (Å²) in [6.07, 6.45) is 4.28. The van der Waals surface area contributed by atoms with Crippen LogP contribution in [0.1, 0.15) is 45.7 Å². The first-order valence-electron chi connectivity index (χ1n) is 6.60. The minimum Gasteiger partial charge on any atom is -0.394 e. The van der Waals surface area contributed by atoms with Gasteiger partial charge in [0.25, 0.3) is 0 Å². The molecule has 4 heteroatoms. The van der Waals surface area contributed by atoms with Crippen LogP contribution in [0.15, 0.2) is 0 Å². The molecule has 0 amide bonds. The summed E-state index contributed by atoms with van der Waals surface area (Å²) in [7, 11) is 4.09. The van der Waals surface area contributed by atoms with Gasteiger partial charge in [-0.25, -0.2) is 0 Å². The molecule has 1 heterocycles. The number of nitrogen functional groups attached to an aromatic ring is 1. The van der Waals surface area contributed by atoms with Gasteiger partial charge in [-0.15, -0.1) is 0 Å². The maximum atomic E-state index is 6.21. The molecule has 0 radical (unpaired) electrons. The highest BCUT2D eigenvalue weighted by Crippen LogP contribution is 2.28. The maximum Gasteiger partial charge on any atom is 0.150 e. The molecule has 2 N–H and O–H groups in total. The summed E-state index contributed by atoms with van der Waals surface area (Å²) in [6, 6.07) is 0.530. The molecular formula is C13H26N4. The lowest BCUT2D eigenvalue weighted by Crippen LogP contribution is -2.32. The van der Waals surface area contributed by atoms with Gasteiger partial charge in [-0.2, -0.15) is 5.10 Å². The second-order valence-electron chi connectivity index (χ2n) is 4.64. The highest BCUT2D eigenvalue weighted by Gasteiger charge is 2.20. The van der Waals surface area contributed by atoms with E-state index in [4.69, 9.17) is 5.73 Å². The average molecular weight is 238 g/mol. The number of aromatic nitrogens is 2. The van der Waals surface area contributed by atoms with Crippen molar-refractivity contribution in [3.05, 3.63) is 5.69 Å². The molecule has 0 fully saturated rings. The van der Waals surface area contributed by atoms with Crippen LogP contribution in [0.4, 0.5) is 11.5 Å². The van der Waals surface area contributed by atoms with E-state index >= 15 is 0 Å². The lowest BCUT2D eigenvalue weighted by Gasteiger charge is -2.28. The lowest BCUT2D eigenvalue weighted by molar-refractivity contribution is 0.572. The quantitative estimate of drug-likeness (QED) is 0.828. The normalized spacial score (nSPS) is 11.2. The van der Waals surface area contributed by atoms with Crippen molar-refractivity contribution in [3.63, 3.8) is 0 Å². The third kappa shape index (κ3) is 2.73. The topological polar surface area (TPSA) is 47.1 Å². The SMILES string of the molecule is CCCc1nn(C)c(N(C)C(CC)CC)c1N. The van der Waals surface area contributed by atoms with Crippen molar-refractivity contribution in [3.8, 4) is 0 Å². The van der Waals surface area contributed by atoms with Crippen molar-refractivity contribution in [2.75, 3.05) is 17.7 Å². The van der Waals surface area contributed by atoms with Crippen LogP contribution in [0.25, 0.3) is 0 Å². The van der Waals surface area contributed by atoms with Gasteiger partial charge in [-0.05, 0) is 19.3 Å². The van der Waals surface area contributed by atoms with E-state index in [2.05, 4.69) is 37.8 Å². The van der Waals surface area contributed by atoms with E-state index in [1.807, 2.05) is 11.7 Å². The molecule has 0 saturated carbocycles. The second-order valence-corrected chi connectivity index (χ2v) is 4.64. The van der Waals surface area contributed by atoms with Crippen molar-refractivity contribution in [2.24, 2.45) is 7.05 Å². The standard InChI is InChI=1S/C13H26N4/c1-6-9-11-12(14)13(17(5)15-11)16(4)10(7-2)8-3/h10H,6-9,14H2,1-5H3. The molecule has 0 aliphatic rings. The van der Waals surface area contributed by atoms with E-state index in [1.54, 1.807) is 0 Å². The molecule has 98 valence electrons. The summed E-state index contributed by atoms with van der Waals surface area (Å²) in [5, 5.41) is 4.52. The largest absolute Gasteiger partial charge is 0.394 e. The van der Waals surface area contributed by atoms with Gasteiger partial charge in [0.05, 0.1) is 11.4 Å². The Kier molecular flexibility index (Phi) is 4.85. The smallest absolute Gasteiger partial charge is 0.150 e. The van der Waals surface area contributed by atoms with E-state index in [1.165, 1.54) is 0 Å². The van der Waals surface area contributed by atoms with Gasteiger partial charge < -0.3 is 10.6 Å². The Morgan fingerprint density at radius 2 is 1.88 bits per heavy atom. The van der Waals surface area contributed by atoms with Gasteiger partial charge in [0.1, 0.15) is 5.82 Å². The Hall–Kier alpha value is -1.19. The Balaban J connectivity index is 3.04. The van der Waals surface area contributed by atoms with E-state index < -0.39 is 0 Å². The summed E-state index contributed by atoms with van der Waals surface area (Å²) < 4.78 is 1.92. The van der Waals surface area contributed by atoms with Crippen LogP contribution in [0.3, 0.4) is 0 Å². The third-order valence-electron chi connectivity index (χ3n) is 3.44. The van der Waals surface area contributed by atoms with Gasteiger partial charge in [0, 0.05) is 20.1 Å². The fourth-order valence-electron chi connectivity index (χ4n) is 2.43. The molecular weight excluding hydrogens is 212 g/mol. The average Bonchev–Trinajstić information content (AvgIpc) is 2.56. The van der Waals surface area contributed by atoms with Crippen molar-refractivity contribution < 1.29 is 0 Å². The highest BCUT2D eigenvalue weighted by molar-refractivity contribution is 5.66. The van der Waals surface area contributed by atoms with Crippen molar-refractivity contribution in [1.82, 2.24) is 9.78 Å². The monoisotopic (exact) mass is 238 g/mol. The summed E-state index contributed by atoms with van der Waals surface area (Å²) in [4.78, 5) is 2.27.